The number of rotatable bonds is 1. The van der Waals surface area contributed by atoms with Gasteiger partial charge in [0.25, 0.3) is 0 Å². The fourth-order valence-electron chi connectivity index (χ4n) is 2.30. The summed E-state index contributed by atoms with van der Waals surface area (Å²) in [4.78, 5) is 17.0. The Hall–Kier alpha value is -1.68. The SMILES string of the molecule is Cc1nc2cc(-n3[se]c4ccccc4c3=O)ccc2s1. The van der Waals surface area contributed by atoms with Crippen molar-refractivity contribution in [3.8, 4) is 5.69 Å². The topological polar surface area (TPSA) is 34.9 Å². The van der Waals surface area contributed by atoms with Crippen LogP contribution in [0.5, 0.6) is 0 Å². The summed E-state index contributed by atoms with van der Waals surface area (Å²) in [6, 6.07) is 14.0. The van der Waals surface area contributed by atoms with Gasteiger partial charge in [0.05, 0.1) is 0 Å². The van der Waals surface area contributed by atoms with Gasteiger partial charge in [0, 0.05) is 0 Å². The Morgan fingerprint density at radius 2 is 2.05 bits per heavy atom. The predicted molar refractivity (Wildman–Crippen MR) is 84.4 cm³/mol. The van der Waals surface area contributed by atoms with Crippen LogP contribution in [0.15, 0.2) is 47.3 Å². The predicted octanol–water partition coefficient (Wildman–Crippen LogP) is 2.97. The normalized spacial score (nSPS) is 11.4. The summed E-state index contributed by atoms with van der Waals surface area (Å²) in [7, 11) is 0. The van der Waals surface area contributed by atoms with E-state index < -0.39 is 0 Å². The van der Waals surface area contributed by atoms with Crippen LogP contribution in [-0.2, 0) is 0 Å². The van der Waals surface area contributed by atoms with Crippen molar-refractivity contribution in [3.05, 3.63) is 57.8 Å². The number of thiazole rings is 1. The molecule has 0 bridgehead atoms. The Morgan fingerprint density at radius 3 is 2.90 bits per heavy atom. The van der Waals surface area contributed by atoms with E-state index in [1.54, 1.807) is 11.3 Å². The number of nitrogens with zero attached hydrogens (tertiary/aromatic N) is 2. The van der Waals surface area contributed by atoms with E-state index in [4.69, 9.17) is 0 Å². The van der Waals surface area contributed by atoms with Crippen molar-refractivity contribution in [1.82, 2.24) is 8.55 Å². The summed E-state index contributed by atoms with van der Waals surface area (Å²) >= 11 is 1.70. The molecule has 2 heterocycles. The summed E-state index contributed by atoms with van der Waals surface area (Å²) in [6.45, 7) is 2.01. The van der Waals surface area contributed by atoms with E-state index in [0.29, 0.717) is 0 Å². The molecule has 2 aromatic carbocycles. The van der Waals surface area contributed by atoms with Gasteiger partial charge in [-0.1, -0.05) is 0 Å². The third-order valence-electron chi connectivity index (χ3n) is 3.20. The molecule has 0 fully saturated rings. The van der Waals surface area contributed by atoms with Gasteiger partial charge in [-0.05, 0) is 0 Å². The molecular formula is C15H10N2OSSe. The first-order chi connectivity index (χ1) is 9.72. The minimum absolute atomic E-state index is 0.0203. The molecule has 0 unspecified atom stereocenters. The average molecular weight is 345 g/mol. The molecule has 98 valence electrons. The Balaban J connectivity index is 2.00. The van der Waals surface area contributed by atoms with Gasteiger partial charge < -0.3 is 0 Å². The van der Waals surface area contributed by atoms with E-state index in [9.17, 15) is 4.79 Å². The monoisotopic (exact) mass is 346 g/mol. The molecule has 0 saturated carbocycles. The van der Waals surface area contributed by atoms with Crippen molar-refractivity contribution in [2.45, 2.75) is 6.92 Å². The van der Waals surface area contributed by atoms with Crippen molar-refractivity contribution >= 4 is 45.9 Å². The molecule has 0 aliphatic rings. The molecule has 0 radical (unpaired) electrons. The Bertz CT molecular complexity index is 996. The Morgan fingerprint density at radius 1 is 1.20 bits per heavy atom. The van der Waals surface area contributed by atoms with Crippen LogP contribution in [0.1, 0.15) is 5.01 Å². The van der Waals surface area contributed by atoms with Crippen molar-refractivity contribution in [2.24, 2.45) is 0 Å². The molecule has 3 nitrogen and oxygen atoms in total. The Labute approximate surface area is 125 Å². The average Bonchev–Trinajstić information content (AvgIpc) is 2.98. The van der Waals surface area contributed by atoms with E-state index in [1.807, 2.05) is 46.9 Å². The zero-order chi connectivity index (χ0) is 13.7. The van der Waals surface area contributed by atoms with Gasteiger partial charge in [-0.15, -0.1) is 0 Å². The number of hydrogen-bond acceptors (Lipinski definition) is 3. The van der Waals surface area contributed by atoms with Gasteiger partial charge in [-0.2, -0.15) is 0 Å². The van der Waals surface area contributed by atoms with E-state index in [-0.39, 0.29) is 20.3 Å². The summed E-state index contributed by atoms with van der Waals surface area (Å²) in [5.74, 6) is 0. The second-order valence-corrected chi connectivity index (χ2v) is 7.88. The fraction of sp³-hybridized carbons (Fsp3) is 0.0667. The van der Waals surface area contributed by atoms with Gasteiger partial charge >= 0.3 is 125 Å². The Kier molecular flexibility index (Phi) is 2.67. The summed E-state index contributed by atoms with van der Waals surface area (Å²) in [5.41, 5.74) is 2.03. The third-order valence-corrected chi connectivity index (χ3v) is 6.49. The molecule has 20 heavy (non-hydrogen) atoms. The molecule has 0 aliphatic carbocycles. The quantitative estimate of drug-likeness (QED) is 0.497. The number of hydrogen-bond donors (Lipinski definition) is 0. The maximum absolute atomic E-state index is 12.5. The number of aromatic nitrogens is 2. The molecule has 0 amide bonds. The van der Waals surface area contributed by atoms with Crippen LogP contribution in [0, 0.1) is 6.92 Å². The van der Waals surface area contributed by atoms with Crippen LogP contribution in [0.3, 0.4) is 0 Å². The van der Waals surface area contributed by atoms with Crippen LogP contribution >= 0.6 is 11.3 Å². The van der Waals surface area contributed by atoms with Crippen LogP contribution in [-0.4, -0.2) is 23.3 Å². The molecular weight excluding hydrogens is 335 g/mol. The first-order valence-electron chi connectivity index (χ1n) is 6.21. The van der Waals surface area contributed by atoms with Crippen LogP contribution in [0.2, 0.25) is 0 Å². The first kappa shape index (κ1) is 12.1. The molecule has 4 rings (SSSR count). The standard InChI is InChI=1S/C15H10N2OSSe/c1-9-16-12-8-10(6-7-13(12)19-9)17-15(18)11-4-2-3-5-14(11)20-17/h2-8H,1H3. The minimum atomic E-state index is 0.0203. The second-order valence-electron chi connectivity index (χ2n) is 4.57. The number of aryl methyl sites for hydroxylation is 1. The molecule has 0 spiro atoms. The summed E-state index contributed by atoms with van der Waals surface area (Å²) in [5, 5.41) is 1.89. The molecule has 0 saturated heterocycles. The maximum atomic E-state index is 12.5. The zero-order valence-corrected chi connectivity index (χ0v) is 13.2. The second kappa shape index (κ2) is 4.42. The number of fused-ring (bicyclic) bond motifs is 2. The van der Waals surface area contributed by atoms with Gasteiger partial charge in [0.2, 0.25) is 0 Å². The van der Waals surface area contributed by atoms with E-state index in [0.717, 1.165) is 25.9 Å². The van der Waals surface area contributed by atoms with Crippen LogP contribution in [0.4, 0.5) is 0 Å². The van der Waals surface area contributed by atoms with Crippen molar-refractivity contribution in [1.29, 1.82) is 0 Å². The molecule has 0 aliphatic heterocycles. The molecule has 2 aromatic heterocycles. The van der Waals surface area contributed by atoms with Gasteiger partial charge in [-0.25, -0.2) is 0 Å². The van der Waals surface area contributed by atoms with E-state index >= 15 is 0 Å². The van der Waals surface area contributed by atoms with Gasteiger partial charge in [0.1, 0.15) is 0 Å². The van der Waals surface area contributed by atoms with Crippen molar-refractivity contribution in [2.75, 3.05) is 0 Å². The van der Waals surface area contributed by atoms with Crippen molar-refractivity contribution < 1.29 is 0 Å². The van der Waals surface area contributed by atoms with E-state index in [2.05, 4.69) is 11.1 Å². The van der Waals surface area contributed by atoms with E-state index in [1.165, 1.54) is 4.70 Å². The fourth-order valence-corrected chi connectivity index (χ4v) is 5.18. The summed E-state index contributed by atoms with van der Waals surface area (Å²) in [6.07, 6.45) is 0. The van der Waals surface area contributed by atoms with Gasteiger partial charge in [0.15, 0.2) is 0 Å². The van der Waals surface area contributed by atoms with Crippen LogP contribution < -0.4 is 5.56 Å². The summed E-state index contributed by atoms with van der Waals surface area (Å²) < 4.78 is 4.20. The number of benzene rings is 2. The zero-order valence-electron chi connectivity index (χ0n) is 10.7. The molecule has 4 aromatic rings. The molecule has 0 atom stereocenters. The molecule has 0 N–H and O–H groups in total. The molecule has 5 heteroatoms. The third kappa shape index (κ3) is 1.79. The van der Waals surface area contributed by atoms with Crippen LogP contribution in [0.25, 0.3) is 25.6 Å². The first-order valence-corrected chi connectivity index (χ1v) is 8.65. The van der Waals surface area contributed by atoms with Crippen molar-refractivity contribution in [3.63, 3.8) is 0 Å². The van der Waals surface area contributed by atoms with Gasteiger partial charge in [-0.3, -0.25) is 0 Å².